The zero-order valence-electron chi connectivity index (χ0n) is 23.6. The van der Waals surface area contributed by atoms with E-state index >= 15 is 0 Å². The van der Waals surface area contributed by atoms with E-state index < -0.39 is 5.97 Å². The SMILES string of the molecule is C=CC(=O)OCCOc1ccc(Cc2nc(Cc3ccc(OCCO)cc3)nc(Nc3ccc(OCCO)cc3)n2)cc1. The van der Waals surface area contributed by atoms with Crippen molar-refractivity contribution in [2.75, 3.05) is 45.0 Å². The third-order valence-electron chi connectivity index (χ3n) is 5.89. The smallest absolute Gasteiger partial charge is 0.330 e. The topological polar surface area (TPSA) is 145 Å². The number of carbonyl (C=O) groups excluding carboxylic acids is 1. The number of rotatable bonds is 17. The summed E-state index contributed by atoms with van der Waals surface area (Å²) in [5.74, 6) is 3.06. The van der Waals surface area contributed by atoms with E-state index in [0.717, 1.165) is 22.9 Å². The molecule has 0 atom stereocenters. The van der Waals surface area contributed by atoms with Gasteiger partial charge in [0.2, 0.25) is 5.95 Å². The standard InChI is InChI=1S/C32H34N4O7/c1-2-31(39)43-20-19-42-27-11-5-24(6-12-27)22-30-34-29(21-23-3-9-26(10-4-23)40-17-15-37)35-32(36-30)33-25-7-13-28(14-8-25)41-18-16-38/h2-14,37-38H,1,15-22H2,(H,33,34,35,36). The molecule has 0 saturated carbocycles. The predicted octanol–water partition coefficient (Wildman–Crippen LogP) is 3.65. The van der Waals surface area contributed by atoms with E-state index in [1.54, 1.807) is 12.1 Å². The Kier molecular flexibility index (Phi) is 11.8. The van der Waals surface area contributed by atoms with E-state index in [9.17, 15) is 4.79 Å². The number of nitrogens with one attached hydrogen (secondary N) is 1. The third kappa shape index (κ3) is 10.4. The zero-order valence-corrected chi connectivity index (χ0v) is 23.6. The van der Waals surface area contributed by atoms with Gasteiger partial charge in [-0.15, -0.1) is 0 Å². The first-order valence-electron chi connectivity index (χ1n) is 13.7. The maximum atomic E-state index is 11.1. The second kappa shape index (κ2) is 16.4. The molecule has 0 amide bonds. The van der Waals surface area contributed by atoms with Crippen LogP contribution in [0.25, 0.3) is 0 Å². The van der Waals surface area contributed by atoms with Crippen molar-refractivity contribution in [2.45, 2.75) is 12.8 Å². The molecular weight excluding hydrogens is 552 g/mol. The van der Waals surface area contributed by atoms with Gasteiger partial charge in [0.05, 0.1) is 13.2 Å². The van der Waals surface area contributed by atoms with Gasteiger partial charge in [-0.05, 0) is 59.7 Å². The molecule has 0 aliphatic rings. The number of aliphatic hydroxyl groups excluding tert-OH is 2. The second-order valence-corrected chi connectivity index (χ2v) is 9.15. The Hall–Kier alpha value is -5.00. The van der Waals surface area contributed by atoms with Gasteiger partial charge in [0.15, 0.2) is 0 Å². The highest BCUT2D eigenvalue weighted by molar-refractivity contribution is 5.81. The minimum atomic E-state index is -0.488. The van der Waals surface area contributed by atoms with Crippen molar-refractivity contribution in [3.8, 4) is 17.2 Å². The van der Waals surface area contributed by atoms with Crippen LogP contribution in [-0.2, 0) is 22.4 Å². The summed E-state index contributed by atoms with van der Waals surface area (Å²) < 4.78 is 21.5. The number of aliphatic hydroxyl groups is 2. The van der Waals surface area contributed by atoms with Crippen LogP contribution in [0.5, 0.6) is 17.2 Å². The van der Waals surface area contributed by atoms with Crippen molar-refractivity contribution >= 4 is 17.6 Å². The van der Waals surface area contributed by atoms with Gasteiger partial charge < -0.3 is 34.5 Å². The lowest BCUT2D eigenvalue weighted by molar-refractivity contribution is -0.138. The largest absolute Gasteiger partial charge is 0.491 e. The van der Waals surface area contributed by atoms with E-state index in [2.05, 4.69) is 21.9 Å². The van der Waals surface area contributed by atoms with Crippen LogP contribution in [0.3, 0.4) is 0 Å². The number of benzene rings is 3. The quantitative estimate of drug-likeness (QED) is 0.0947. The Labute approximate surface area is 249 Å². The molecule has 0 radical (unpaired) electrons. The van der Waals surface area contributed by atoms with Gasteiger partial charge in [-0.2, -0.15) is 9.97 Å². The minimum absolute atomic E-state index is 0.0491. The summed E-state index contributed by atoms with van der Waals surface area (Å²) in [5, 5.41) is 21.2. The Bertz CT molecular complexity index is 1370. The molecule has 4 aromatic rings. The lowest BCUT2D eigenvalue weighted by atomic mass is 10.1. The highest BCUT2D eigenvalue weighted by Gasteiger charge is 2.10. The van der Waals surface area contributed by atoms with Crippen LogP contribution in [0.15, 0.2) is 85.5 Å². The molecule has 11 heteroatoms. The number of hydrogen-bond donors (Lipinski definition) is 3. The fourth-order valence-corrected chi connectivity index (χ4v) is 3.91. The number of aromatic nitrogens is 3. The van der Waals surface area contributed by atoms with Crippen LogP contribution in [0, 0.1) is 0 Å². The van der Waals surface area contributed by atoms with Crippen molar-refractivity contribution in [3.63, 3.8) is 0 Å². The average Bonchev–Trinajstić information content (AvgIpc) is 3.03. The summed E-state index contributed by atoms with van der Waals surface area (Å²) in [6, 6.07) is 22.4. The lowest BCUT2D eigenvalue weighted by Crippen LogP contribution is -2.10. The molecule has 0 spiro atoms. The molecule has 0 unspecified atom stereocenters. The second-order valence-electron chi connectivity index (χ2n) is 9.15. The van der Waals surface area contributed by atoms with Gasteiger partial charge in [-0.1, -0.05) is 30.8 Å². The summed E-state index contributed by atoms with van der Waals surface area (Å²) in [7, 11) is 0. The zero-order chi connectivity index (χ0) is 30.3. The van der Waals surface area contributed by atoms with Crippen LogP contribution in [-0.4, -0.2) is 70.8 Å². The molecule has 0 fully saturated rings. The number of esters is 1. The molecule has 43 heavy (non-hydrogen) atoms. The number of nitrogens with zero attached hydrogens (tertiary/aromatic N) is 3. The summed E-state index contributed by atoms with van der Waals surface area (Å²) in [4.78, 5) is 25.2. The Morgan fingerprint density at radius 3 is 1.60 bits per heavy atom. The highest BCUT2D eigenvalue weighted by atomic mass is 16.6. The van der Waals surface area contributed by atoms with E-state index in [0.29, 0.717) is 47.7 Å². The van der Waals surface area contributed by atoms with Gasteiger partial charge in [0.1, 0.15) is 55.3 Å². The van der Waals surface area contributed by atoms with Crippen molar-refractivity contribution in [3.05, 3.63) is 108 Å². The van der Waals surface area contributed by atoms with Crippen molar-refractivity contribution in [1.29, 1.82) is 0 Å². The summed E-state index contributed by atoms with van der Waals surface area (Å²) >= 11 is 0. The molecule has 0 saturated heterocycles. The first-order valence-corrected chi connectivity index (χ1v) is 13.7. The molecule has 0 bridgehead atoms. The molecular formula is C32H34N4O7. The Morgan fingerprint density at radius 2 is 1.14 bits per heavy atom. The van der Waals surface area contributed by atoms with E-state index in [1.165, 1.54) is 0 Å². The van der Waals surface area contributed by atoms with Crippen LogP contribution in [0.4, 0.5) is 11.6 Å². The summed E-state index contributed by atoms with van der Waals surface area (Å²) in [5.41, 5.74) is 2.74. The first kappa shape index (κ1) is 30.9. The highest BCUT2D eigenvalue weighted by Crippen LogP contribution is 2.21. The van der Waals surface area contributed by atoms with E-state index in [-0.39, 0.29) is 39.6 Å². The fraction of sp³-hybridized carbons (Fsp3) is 0.250. The van der Waals surface area contributed by atoms with Crippen LogP contribution < -0.4 is 19.5 Å². The van der Waals surface area contributed by atoms with E-state index in [1.807, 2.05) is 60.7 Å². The lowest BCUT2D eigenvalue weighted by Gasteiger charge is -2.11. The van der Waals surface area contributed by atoms with E-state index in [4.69, 9.17) is 34.1 Å². The summed E-state index contributed by atoms with van der Waals surface area (Å²) in [6.45, 7) is 4.07. The maximum Gasteiger partial charge on any atom is 0.330 e. The molecule has 1 aromatic heterocycles. The van der Waals surface area contributed by atoms with Gasteiger partial charge >= 0.3 is 5.97 Å². The van der Waals surface area contributed by atoms with Gasteiger partial charge in [0, 0.05) is 24.6 Å². The van der Waals surface area contributed by atoms with Crippen LogP contribution in [0.2, 0.25) is 0 Å². The minimum Gasteiger partial charge on any atom is -0.491 e. The van der Waals surface area contributed by atoms with Gasteiger partial charge in [-0.3, -0.25) is 0 Å². The average molecular weight is 587 g/mol. The first-order chi connectivity index (χ1) is 21.0. The van der Waals surface area contributed by atoms with Gasteiger partial charge in [-0.25, -0.2) is 9.78 Å². The third-order valence-corrected chi connectivity index (χ3v) is 5.89. The number of hydrogen-bond acceptors (Lipinski definition) is 11. The fourth-order valence-electron chi connectivity index (χ4n) is 3.91. The molecule has 4 rings (SSSR count). The molecule has 224 valence electrons. The van der Waals surface area contributed by atoms with Crippen molar-refractivity contribution < 1.29 is 34.0 Å². The predicted molar refractivity (Wildman–Crippen MR) is 160 cm³/mol. The number of carbonyl (C=O) groups is 1. The number of ether oxygens (including phenoxy) is 4. The van der Waals surface area contributed by atoms with Crippen LogP contribution in [0.1, 0.15) is 22.8 Å². The normalized spacial score (nSPS) is 10.6. The molecule has 3 N–H and O–H groups in total. The monoisotopic (exact) mass is 586 g/mol. The number of anilines is 2. The Morgan fingerprint density at radius 1 is 0.674 bits per heavy atom. The summed E-state index contributed by atoms with van der Waals surface area (Å²) in [6.07, 6.45) is 2.05. The Balaban J connectivity index is 1.48. The molecule has 0 aliphatic heterocycles. The van der Waals surface area contributed by atoms with Gasteiger partial charge in [0.25, 0.3) is 0 Å². The molecule has 0 aliphatic carbocycles. The van der Waals surface area contributed by atoms with Crippen LogP contribution >= 0.6 is 0 Å². The molecule has 11 nitrogen and oxygen atoms in total. The van der Waals surface area contributed by atoms with Crippen molar-refractivity contribution in [1.82, 2.24) is 15.0 Å². The van der Waals surface area contributed by atoms with Crippen molar-refractivity contribution in [2.24, 2.45) is 0 Å². The molecule has 3 aromatic carbocycles. The maximum absolute atomic E-state index is 11.1. The molecule has 1 heterocycles.